The first-order valence-electron chi connectivity index (χ1n) is 35.4. The van der Waals surface area contributed by atoms with Crippen molar-refractivity contribution < 1.29 is 24.5 Å². The van der Waals surface area contributed by atoms with Gasteiger partial charge in [0.2, 0.25) is 5.91 Å². The number of unbranched alkanes of at least 4 members (excludes halogenated alkanes) is 49. The summed E-state index contributed by atoms with van der Waals surface area (Å²) in [5, 5.41) is 23.1. The van der Waals surface area contributed by atoms with Gasteiger partial charge in [0, 0.05) is 12.8 Å². The number of hydrogen-bond acceptors (Lipinski definition) is 5. The van der Waals surface area contributed by atoms with Crippen LogP contribution in [0.25, 0.3) is 0 Å². The summed E-state index contributed by atoms with van der Waals surface area (Å²) in [6.45, 7) is 4.90. The first kappa shape index (κ1) is 76.8. The lowest BCUT2D eigenvalue weighted by molar-refractivity contribution is -0.143. The zero-order valence-corrected chi connectivity index (χ0v) is 53.1. The summed E-state index contributed by atoms with van der Waals surface area (Å²) in [5.74, 6) is -0.0550. The summed E-state index contributed by atoms with van der Waals surface area (Å²) >= 11 is 0. The van der Waals surface area contributed by atoms with Crippen LogP contribution in [0.4, 0.5) is 0 Å². The quantitative estimate of drug-likeness (QED) is 0.0320. The molecule has 0 aliphatic heterocycles. The molecule has 6 heteroatoms. The monoisotopic (exact) mass is 1110 g/mol. The lowest BCUT2D eigenvalue weighted by Crippen LogP contribution is -2.45. The van der Waals surface area contributed by atoms with Crippen LogP contribution in [-0.4, -0.2) is 47.4 Å². The molecular weight excluding hydrogens is 971 g/mol. The molecule has 0 spiro atoms. The minimum absolute atomic E-state index is 0.0101. The molecule has 0 aromatic carbocycles. The molecule has 0 rings (SSSR count). The Balaban J connectivity index is 3.36. The third kappa shape index (κ3) is 64.8. The average Bonchev–Trinajstić information content (AvgIpc) is 3.45. The van der Waals surface area contributed by atoms with Crippen molar-refractivity contribution in [2.45, 2.75) is 392 Å². The molecule has 0 heterocycles. The van der Waals surface area contributed by atoms with Crippen molar-refractivity contribution in [3.05, 3.63) is 48.6 Å². The number of carbonyl (C=O) groups excluding carboxylic acids is 2. The van der Waals surface area contributed by atoms with Gasteiger partial charge < -0.3 is 20.3 Å². The maximum absolute atomic E-state index is 12.5. The van der Waals surface area contributed by atoms with Crippen LogP contribution in [0.5, 0.6) is 0 Å². The third-order valence-electron chi connectivity index (χ3n) is 16.3. The molecule has 0 radical (unpaired) electrons. The van der Waals surface area contributed by atoms with Crippen LogP contribution >= 0.6 is 0 Å². The smallest absolute Gasteiger partial charge is 0.305 e. The number of allylic oxidation sites excluding steroid dienone is 7. The van der Waals surface area contributed by atoms with Crippen LogP contribution in [-0.2, 0) is 14.3 Å². The van der Waals surface area contributed by atoms with Crippen LogP contribution in [0.2, 0.25) is 0 Å². The van der Waals surface area contributed by atoms with Crippen molar-refractivity contribution in [1.29, 1.82) is 0 Å². The minimum atomic E-state index is -0.843. The highest BCUT2D eigenvalue weighted by Crippen LogP contribution is 2.18. The Morgan fingerprint density at radius 1 is 0.354 bits per heavy atom. The predicted molar refractivity (Wildman–Crippen MR) is 347 cm³/mol. The van der Waals surface area contributed by atoms with Crippen molar-refractivity contribution in [2.24, 2.45) is 0 Å². The van der Waals surface area contributed by atoms with Crippen molar-refractivity contribution >= 4 is 11.9 Å². The second-order valence-electron chi connectivity index (χ2n) is 24.2. The number of aliphatic hydroxyl groups is 2. The summed E-state index contributed by atoms with van der Waals surface area (Å²) in [7, 11) is 0. The Kier molecular flexibility index (Phi) is 66.4. The molecule has 3 N–H and O–H groups in total. The third-order valence-corrected chi connectivity index (χ3v) is 16.3. The zero-order valence-electron chi connectivity index (χ0n) is 53.1. The Hall–Kier alpha value is -2.18. The SMILES string of the molecule is CCCCCC/C=C\C/C=C\CCCCCCCCCC(=O)OCCCCCCCCCCCCCC/C=C\CCCCCCCCCCCCCCCCCC(=O)NC(CO)C(O)/C=C/CCCCCCCCCCCCC. The molecule has 0 saturated heterocycles. The zero-order chi connectivity index (χ0) is 57.1. The van der Waals surface area contributed by atoms with Gasteiger partial charge in [0.15, 0.2) is 0 Å². The van der Waals surface area contributed by atoms with E-state index in [1.807, 2.05) is 6.08 Å². The fourth-order valence-electron chi connectivity index (χ4n) is 10.9. The Morgan fingerprint density at radius 2 is 0.633 bits per heavy atom. The van der Waals surface area contributed by atoms with E-state index in [2.05, 4.69) is 55.6 Å². The maximum Gasteiger partial charge on any atom is 0.305 e. The highest BCUT2D eigenvalue weighted by atomic mass is 16.5. The second kappa shape index (κ2) is 68.3. The molecular formula is C73H137NO5. The molecule has 2 atom stereocenters. The molecule has 0 aromatic heterocycles. The van der Waals surface area contributed by atoms with Crippen molar-refractivity contribution in [2.75, 3.05) is 13.2 Å². The van der Waals surface area contributed by atoms with Crippen LogP contribution in [0, 0.1) is 0 Å². The van der Waals surface area contributed by atoms with Crippen molar-refractivity contribution in [1.82, 2.24) is 5.32 Å². The van der Waals surface area contributed by atoms with Gasteiger partial charge in [0.25, 0.3) is 0 Å². The van der Waals surface area contributed by atoms with Crippen molar-refractivity contribution in [3.8, 4) is 0 Å². The van der Waals surface area contributed by atoms with Crippen molar-refractivity contribution in [3.63, 3.8) is 0 Å². The predicted octanol–water partition coefficient (Wildman–Crippen LogP) is 22.9. The van der Waals surface area contributed by atoms with E-state index in [1.165, 1.54) is 302 Å². The van der Waals surface area contributed by atoms with Crippen LogP contribution < -0.4 is 5.32 Å². The fourth-order valence-corrected chi connectivity index (χ4v) is 10.9. The summed E-state index contributed by atoms with van der Waals surface area (Å²) in [6, 6.07) is -0.626. The number of rotatable bonds is 66. The lowest BCUT2D eigenvalue weighted by atomic mass is 10.0. The molecule has 0 aliphatic rings. The number of esters is 1. The first-order chi connectivity index (χ1) is 39.0. The molecule has 6 nitrogen and oxygen atoms in total. The number of hydrogen-bond donors (Lipinski definition) is 3. The second-order valence-corrected chi connectivity index (χ2v) is 24.2. The van der Waals surface area contributed by atoms with Gasteiger partial charge in [0.1, 0.15) is 0 Å². The van der Waals surface area contributed by atoms with Gasteiger partial charge >= 0.3 is 5.97 Å². The largest absolute Gasteiger partial charge is 0.466 e. The molecule has 1 amide bonds. The summed E-state index contributed by atoms with van der Waals surface area (Å²) in [4.78, 5) is 24.6. The molecule has 79 heavy (non-hydrogen) atoms. The van der Waals surface area contributed by atoms with Gasteiger partial charge in [-0.05, 0) is 89.9 Å². The number of aliphatic hydroxyl groups excluding tert-OH is 2. The van der Waals surface area contributed by atoms with E-state index in [0.29, 0.717) is 19.4 Å². The highest BCUT2D eigenvalue weighted by molar-refractivity contribution is 5.76. The van der Waals surface area contributed by atoms with Gasteiger partial charge in [-0.3, -0.25) is 9.59 Å². The fraction of sp³-hybridized carbons (Fsp3) is 0.863. The van der Waals surface area contributed by atoms with Gasteiger partial charge in [-0.15, -0.1) is 0 Å². The molecule has 0 bridgehead atoms. The number of ether oxygens (including phenoxy) is 1. The van der Waals surface area contributed by atoms with E-state index in [-0.39, 0.29) is 18.5 Å². The van der Waals surface area contributed by atoms with Gasteiger partial charge in [-0.2, -0.15) is 0 Å². The lowest BCUT2D eigenvalue weighted by Gasteiger charge is -2.20. The molecule has 0 aliphatic carbocycles. The molecule has 464 valence electrons. The highest BCUT2D eigenvalue weighted by Gasteiger charge is 2.18. The Labute approximate surface area is 493 Å². The topological polar surface area (TPSA) is 95.9 Å². The van der Waals surface area contributed by atoms with E-state index in [4.69, 9.17) is 4.74 Å². The molecule has 0 saturated carbocycles. The van der Waals surface area contributed by atoms with Gasteiger partial charge in [-0.1, -0.05) is 326 Å². The van der Waals surface area contributed by atoms with E-state index < -0.39 is 12.1 Å². The van der Waals surface area contributed by atoms with E-state index in [0.717, 1.165) is 51.4 Å². The maximum atomic E-state index is 12.5. The standard InChI is InChI=1S/C73H137NO5/c1-3-5-7-9-11-13-15-17-18-19-36-39-43-47-51-55-59-63-67-73(78)79-68-64-60-56-52-48-44-40-37-34-32-30-28-26-24-22-20-21-23-25-27-29-31-33-35-38-42-46-50-54-58-62-66-72(77)74-70(69-75)71(76)65-61-57-53-49-45-41-16-14-12-10-8-6-4-2/h13,15,18-19,22,24,61,65,70-71,75-76H,3-12,14,16-17,20-21,23,25-60,62-64,66-69H2,1-2H3,(H,74,77)/b15-13-,19-18-,24-22-,65-61+. The summed E-state index contributed by atoms with van der Waals surface area (Å²) in [6.07, 6.45) is 89.1. The summed E-state index contributed by atoms with van der Waals surface area (Å²) in [5.41, 5.74) is 0. The number of amides is 1. The molecule has 2 unspecified atom stereocenters. The van der Waals surface area contributed by atoms with Crippen LogP contribution in [0.15, 0.2) is 48.6 Å². The van der Waals surface area contributed by atoms with E-state index in [1.54, 1.807) is 6.08 Å². The van der Waals surface area contributed by atoms with Gasteiger partial charge in [-0.25, -0.2) is 0 Å². The number of carbonyl (C=O) groups is 2. The number of nitrogens with one attached hydrogen (secondary N) is 1. The first-order valence-corrected chi connectivity index (χ1v) is 35.4. The van der Waals surface area contributed by atoms with E-state index in [9.17, 15) is 19.8 Å². The van der Waals surface area contributed by atoms with Gasteiger partial charge in [0.05, 0.1) is 25.4 Å². The normalized spacial score (nSPS) is 12.8. The van der Waals surface area contributed by atoms with Crippen LogP contribution in [0.1, 0.15) is 380 Å². The minimum Gasteiger partial charge on any atom is -0.466 e. The Morgan fingerprint density at radius 3 is 0.987 bits per heavy atom. The molecule has 0 fully saturated rings. The Bertz CT molecular complexity index is 1320. The molecule has 0 aromatic rings. The van der Waals surface area contributed by atoms with Crippen LogP contribution in [0.3, 0.4) is 0 Å². The summed E-state index contributed by atoms with van der Waals surface area (Å²) < 4.78 is 5.50. The van der Waals surface area contributed by atoms with E-state index >= 15 is 0 Å². The average molecular weight is 1110 g/mol.